The molecule has 0 aromatic heterocycles. The molecule has 0 spiro atoms. The van der Waals surface area contributed by atoms with Crippen LogP contribution in [-0.4, -0.2) is 86.7 Å². The normalized spacial score (nSPS) is 19.9. The molecule has 1 saturated heterocycles. The number of carbonyl (C=O) groups is 5. The average Bonchev–Trinajstić information content (AvgIpc) is 3.14. The lowest BCUT2D eigenvalue weighted by Gasteiger charge is -2.29. The fraction of sp³-hybridized carbons (Fsp3) is 0.737. The van der Waals surface area contributed by atoms with Crippen molar-refractivity contribution in [1.29, 1.82) is 0 Å². The molecule has 1 fully saturated rings. The number of aliphatic carboxylic acids is 2. The topological polar surface area (TPSA) is 199 Å². The number of amides is 3. The van der Waals surface area contributed by atoms with Gasteiger partial charge in [-0.25, -0.2) is 4.79 Å². The summed E-state index contributed by atoms with van der Waals surface area (Å²) in [5.41, 5.74) is 5.54. The molecule has 5 unspecified atom stereocenters. The first-order chi connectivity index (χ1) is 14.3. The molecule has 0 aromatic carbocycles. The number of likely N-dealkylation sites (tertiary alicyclic amines) is 1. The second-order valence-electron chi connectivity index (χ2n) is 8.14. The van der Waals surface area contributed by atoms with Gasteiger partial charge in [0.1, 0.15) is 24.2 Å². The molecule has 0 saturated carbocycles. The molecule has 3 amide bonds. The number of nitrogens with zero attached hydrogens (tertiary/aromatic N) is 1. The van der Waals surface area contributed by atoms with Gasteiger partial charge in [-0.1, -0.05) is 13.8 Å². The molecule has 1 aliphatic heterocycles. The lowest BCUT2D eigenvalue weighted by Crippen LogP contribution is -2.58. The zero-order chi connectivity index (χ0) is 23.9. The van der Waals surface area contributed by atoms with Crippen molar-refractivity contribution in [2.75, 3.05) is 6.54 Å². The number of carbonyl (C=O) groups excluding carboxylic acids is 3. The van der Waals surface area contributed by atoms with Gasteiger partial charge >= 0.3 is 11.9 Å². The Morgan fingerprint density at radius 3 is 2.16 bits per heavy atom. The van der Waals surface area contributed by atoms with Crippen LogP contribution in [0.25, 0.3) is 0 Å². The summed E-state index contributed by atoms with van der Waals surface area (Å²) in [5, 5.41) is 32.6. The standard InChI is InChI=1S/C19H32N4O8/c1-9(2)7-12(19(30)31)22-16(27)13-5-4-6-23(13)18(29)11(8-14(25)26)21-17(28)15(20)10(3)24/h9-13,15,24H,4-8,20H2,1-3H3,(H,21,28)(H,22,27)(H,25,26)(H,30,31). The molecule has 0 aromatic rings. The van der Waals surface area contributed by atoms with Crippen LogP contribution < -0.4 is 16.4 Å². The van der Waals surface area contributed by atoms with E-state index >= 15 is 0 Å². The summed E-state index contributed by atoms with van der Waals surface area (Å²) >= 11 is 0. The Labute approximate surface area is 180 Å². The van der Waals surface area contributed by atoms with Gasteiger partial charge in [-0.3, -0.25) is 19.2 Å². The third-order valence-corrected chi connectivity index (χ3v) is 4.98. The van der Waals surface area contributed by atoms with Crippen molar-refractivity contribution in [3.63, 3.8) is 0 Å². The van der Waals surface area contributed by atoms with Crippen LogP contribution in [-0.2, 0) is 24.0 Å². The maximum absolute atomic E-state index is 13.0. The number of aliphatic hydroxyl groups excluding tert-OH is 1. The summed E-state index contributed by atoms with van der Waals surface area (Å²) in [6, 6.07) is -4.97. The Kier molecular flexibility index (Phi) is 9.85. The lowest BCUT2D eigenvalue weighted by atomic mass is 10.0. The van der Waals surface area contributed by atoms with Gasteiger partial charge in [0.15, 0.2) is 0 Å². The minimum absolute atomic E-state index is 0.0102. The largest absolute Gasteiger partial charge is 0.481 e. The minimum Gasteiger partial charge on any atom is -0.481 e. The van der Waals surface area contributed by atoms with Gasteiger partial charge in [0, 0.05) is 6.54 Å². The number of carboxylic acid groups (broad SMARTS) is 2. The highest BCUT2D eigenvalue weighted by molar-refractivity contribution is 5.96. The Bertz CT molecular complexity index is 696. The van der Waals surface area contributed by atoms with Gasteiger partial charge in [-0.2, -0.15) is 0 Å². The first-order valence-electron chi connectivity index (χ1n) is 10.1. The predicted molar refractivity (Wildman–Crippen MR) is 108 cm³/mol. The lowest BCUT2D eigenvalue weighted by molar-refractivity contribution is -0.147. The second kappa shape index (κ2) is 11.6. The monoisotopic (exact) mass is 444 g/mol. The predicted octanol–water partition coefficient (Wildman–Crippen LogP) is -1.74. The maximum Gasteiger partial charge on any atom is 0.326 e. The zero-order valence-electron chi connectivity index (χ0n) is 17.9. The fourth-order valence-corrected chi connectivity index (χ4v) is 3.33. The summed E-state index contributed by atoms with van der Waals surface area (Å²) in [6.45, 7) is 5.04. The fourth-order valence-electron chi connectivity index (χ4n) is 3.33. The number of rotatable bonds is 11. The van der Waals surface area contributed by atoms with E-state index in [0.29, 0.717) is 6.42 Å². The molecule has 12 nitrogen and oxygen atoms in total. The van der Waals surface area contributed by atoms with Crippen LogP contribution in [0.4, 0.5) is 0 Å². The summed E-state index contributed by atoms with van der Waals surface area (Å²) in [6.07, 6.45) is -1.04. The molecule has 0 bridgehead atoms. The average molecular weight is 444 g/mol. The Morgan fingerprint density at radius 2 is 1.68 bits per heavy atom. The molecule has 31 heavy (non-hydrogen) atoms. The maximum atomic E-state index is 13.0. The molecule has 5 atom stereocenters. The van der Waals surface area contributed by atoms with Gasteiger partial charge in [-0.05, 0) is 32.1 Å². The van der Waals surface area contributed by atoms with Gasteiger partial charge < -0.3 is 36.6 Å². The molecule has 1 rings (SSSR count). The summed E-state index contributed by atoms with van der Waals surface area (Å²) in [4.78, 5) is 61.6. The number of nitrogens with two attached hydrogens (primary N) is 1. The van der Waals surface area contributed by atoms with Crippen LogP contribution in [0.3, 0.4) is 0 Å². The van der Waals surface area contributed by atoms with Crippen LogP contribution in [0.1, 0.15) is 46.5 Å². The highest BCUT2D eigenvalue weighted by atomic mass is 16.4. The second-order valence-corrected chi connectivity index (χ2v) is 8.14. The van der Waals surface area contributed by atoms with Crippen molar-refractivity contribution in [2.45, 2.75) is 76.7 Å². The van der Waals surface area contributed by atoms with Crippen LogP contribution in [0, 0.1) is 5.92 Å². The smallest absolute Gasteiger partial charge is 0.326 e. The van der Waals surface area contributed by atoms with Crippen LogP contribution in [0.2, 0.25) is 0 Å². The van der Waals surface area contributed by atoms with Crippen molar-refractivity contribution in [2.24, 2.45) is 11.7 Å². The van der Waals surface area contributed by atoms with E-state index in [-0.39, 0.29) is 25.3 Å². The van der Waals surface area contributed by atoms with E-state index in [2.05, 4.69) is 10.6 Å². The van der Waals surface area contributed by atoms with Gasteiger partial charge in [-0.15, -0.1) is 0 Å². The SMILES string of the molecule is CC(C)CC(NC(=O)C1CCCN1C(=O)C(CC(=O)O)NC(=O)C(N)C(C)O)C(=O)O. The van der Waals surface area contributed by atoms with Crippen molar-refractivity contribution in [3.8, 4) is 0 Å². The Hall–Kier alpha value is -2.73. The Morgan fingerprint density at radius 1 is 1.06 bits per heavy atom. The highest BCUT2D eigenvalue weighted by Crippen LogP contribution is 2.20. The molecule has 176 valence electrons. The molecule has 1 heterocycles. The van der Waals surface area contributed by atoms with E-state index in [4.69, 9.17) is 10.8 Å². The van der Waals surface area contributed by atoms with Crippen LogP contribution in [0.15, 0.2) is 0 Å². The number of carboxylic acids is 2. The molecule has 7 N–H and O–H groups in total. The van der Waals surface area contributed by atoms with Crippen molar-refractivity contribution in [3.05, 3.63) is 0 Å². The van der Waals surface area contributed by atoms with Crippen molar-refractivity contribution >= 4 is 29.7 Å². The molecular weight excluding hydrogens is 412 g/mol. The number of nitrogens with one attached hydrogen (secondary N) is 2. The first-order valence-corrected chi connectivity index (χ1v) is 10.1. The number of aliphatic hydroxyl groups is 1. The van der Waals surface area contributed by atoms with E-state index < -0.39 is 66.4 Å². The molecule has 0 aliphatic carbocycles. The third kappa shape index (κ3) is 7.79. The van der Waals surface area contributed by atoms with Gasteiger partial charge in [0.25, 0.3) is 0 Å². The van der Waals surface area contributed by atoms with E-state index in [0.717, 1.165) is 4.90 Å². The van der Waals surface area contributed by atoms with E-state index in [1.807, 2.05) is 13.8 Å². The van der Waals surface area contributed by atoms with Crippen LogP contribution >= 0.6 is 0 Å². The molecule has 12 heteroatoms. The summed E-state index contributed by atoms with van der Waals surface area (Å²) < 4.78 is 0. The molecule has 0 radical (unpaired) electrons. The summed E-state index contributed by atoms with van der Waals surface area (Å²) in [5.74, 6) is -4.89. The number of hydrogen-bond acceptors (Lipinski definition) is 7. The van der Waals surface area contributed by atoms with Crippen molar-refractivity contribution in [1.82, 2.24) is 15.5 Å². The van der Waals surface area contributed by atoms with Crippen molar-refractivity contribution < 1.29 is 39.3 Å². The first kappa shape index (κ1) is 26.3. The van der Waals surface area contributed by atoms with Crippen LogP contribution in [0.5, 0.6) is 0 Å². The zero-order valence-corrected chi connectivity index (χ0v) is 17.9. The number of hydrogen-bond donors (Lipinski definition) is 6. The van der Waals surface area contributed by atoms with Gasteiger partial charge in [0.05, 0.1) is 12.5 Å². The quantitative estimate of drug-likeness (QED) is 0.214. The van der Waals surface area contributed by atoms with E-state index in [1.165, 1.54) is 6.92 Å². The Balaban J connectivity index is 2.97. The highest BCUT2D eigenvalue weighted by Gasteiger charge is 2.40. The minimum atomic E-state index is -1.49. The third-order valence-electron chi connectivity index (χ3n) is 4.98. The van der Waals surface area contributed by atoms with E-state index in [9.17, 15) is 34.2 Å². The summed E-state index contributed by atoms with van der Waals surface area (Å²) in [7, 11) is 0. The van der Waals surface area contributed by atoms with Gasteiger partial charge in [0.2, 0.25) is 17.7 Å². The molecular formula is C19H32N4O8. The molecule has 1 aliphatic rings. The van der Waals surface area contributed by atoms with E-state index in [1.54, 1.807) is 0 Å².